The molecule has 8 nitrogen and oxygen atoms in total. The third kappa shape index (κ3) is 4.04. The number of amides is 1. The van der Waals surface area contributed by atoms with E-state index in [4.69, 9.17) is 4.42 Å². The number of nitrogens with zero attached hydrogens (tertiary/aromatic N) is 4. The average Bonchev–Trinajstić information content (AvgIpc) is 3.36. The number of halogens is 1. The minimum atomic E-state index is -0.131. The average molecular weight is 441 g/mol. The summed E-state index contributed by atoms with van der Waals surface area (Å²) in [5.41, 5.74) is 1.31. The highest BCUT2D eigenvalue weighted by atomic mass is 79.9. The molecule has 0 fully saturated rings. The van der Waals surface area contributed by atoms with E-state index in [2.05, 4.69) is 41.6 Å². The van der Waals surface area contributed by atoms with Crippen LogP contribution in [0, 0.1) is 0 Å². The van der Waals surface area contributed by atoms with Crippen LogP contribution < -0.4 is 10.6 Å². The summed E-state index contributed by atoms with van der Waals surface area (Å²) in [6.07, 6.45) is 4.84. The lowest BCUT2D eigenvalue weighted by Gasteiger charge is -2.07. The number of rotatable bonds is 7. The van der Waals surface area contributed by atoms with Crippen LogP contribution in [0.2, 0.25) is 0 Å². The van der Waals surface area contributed by atoms with E-state index in [1.165, 1.54) is 6.33 Å². The normalized spacial score (nSPS) is 10.9. The molecule has 0 saturated carbocycles. The van der Waals surface area contributed by atoms with E-state index in [9.17, 15) is 4.79 Å². The molecule has 4 rings (SSSR count). The van der Waals surface area contributed by atoms with Crippen LogP contribution in [0.25, 0.3) is 11.0 Å². The number of carbonyl (C=O) groups is 1. The number of fused-ring (bicyclic) bond motifs is 1. The lowest BCUT2D eigenvalue weighted by Crippen LogP contribution is -2.27. The molecule has 3 heterocycles. The van der Waals surface area contributed by atoms with Crippen molar-refractivity contribution in [1.82, 2.24) is 25.1 Å². The molecule has 1 amide bonds. The molecular formula is C19H17BrN6O2. The first-order chi connectivity index (χ1) is 13.7. The first-order valence-electron chi connectivity index (χ1n) is 8.67. The Hall–Kier alpha value is -3.20. The van der Waals surface area contributed by atoms with E-state index in [1.54, 1.807) is 29.3 Å². The van der Waals surface area contributed by atoms with Gasteiger partial charge in [0.15, 0.2) is 5.65 Å². The molecule has 0 aliphatic carbocycles. The summed E-state index contributed by atoms with van der Waals surface area (Å²) in [5, 5.41) is 11.3. The van der Waals surface area contributed by atoms with Crippen LogP contribution >= 0.6 is 15.9 Å². The SMILES string of the molecule is O=C(NCCn1ncc2c(NCc3ccco3)ncnc21)c1cccc(Br)c1. The van der Waals surface area contributed by atoms with Gasteiger partial charge in [0.2, 0.25) is 0 Å². The van der Waals surface area contributed by atoms with E-state index in [0.29, 0.717) is 36.7 Å². The highest BCUT2D eigenvalue weighted by molar-refractivity contribution is 9.10. The van der Waals surface area contributed by atoms with Crippen LogP contribution in [0.5, 0.6) is 0 Å². The van der Waals surface area contributed by atoms with Crippen molar-refractivity contribution in [2.24, 2.45) is 0 Å². The molecule has 9 heteroatoms. The van der Waals surface area contributed by atoms with Gasteiger partial charge < -0.3 is 15.1 Å². The Labute approximate surface area is 169 Å². The zero-order valence-electron chi connectivity index (χ0n) is 14.8. The Kier molecular flexibility index (Phi) is 5.34. The predicted octanol–water partition coefficient (Wildman–Crippen LogP) is 3.22. The number of hydrogen-bond acceptors (Lipinski definition) is 6. The molecule has 0 radical (unpaired) electrons. The molecule has 0 unspecified atom stereocenters. The van der Waals surface area contributed by atoms with Crippen molar-refractivity contribution in [3.63, 3.8) is 0 Å². The van der Waals surface area contributed by atoms with Crippen LogP contribution in [0.4, 0.5) is 5.82 Å². The predicted molar refractivity (Wildman–Crippen MR) is 108 cm³/mol. The summed E-state index contributed by atoms with van der Waals surface area (Å²) >= 11 is 3.37. The van der Waals surface area contributed by atoms with Crippen molar-refractivity contribution < 1.29 is 9.21 Å². The van der Waals surface area contributed by atoms with E-state index in [1.807, 2.05) is 24.3 Å². The van der Waals surface area contributed by atoms with E-state index in [0.717, 1.165) is 15.6 Å². The van der Waals surface area contributed by atoms with Gasteiger partial charge in [-0.2, -0.15) is 5.10 Å². The maximum atomic E-state index is 12.2. The van der Waals surface area contributed by atoms with Gasteiger partial charge in [0, 0.05) is 16.6 Å². The Morgan fingerprint density at radius 3 is 2.96 bits per heavy atom. The Balaban J connectivity index is 1.40. The van der Waals surface area contributed by atoms with Gasteiger partial charge in [-0.3, -0.25) is 4.79 Å². The second kappa shape index (κ2) is 8.22. The van der Waals surface area contributed by atoms with Gasteiger partial charge in [-0.25, -0.2) is 14.6 Å². The van der Waals surface area contributed by atoms with E-state index >= 15 is 0 Å². The van der Waals surface area contributed by atoms with Gasteiger partial charge >= 0.3 is 0 Å². The first-order valence-corrected chi connectivity index (χ1v) is 9.46. The molecule has 0 atom stereocenters. The van der Waals surface area contributed by atoms with Crippen molar-refractivity contribution in [2.75, 3.05) is 11.9 Å². The summed E-state index contributed by atoms with van der Waals surface area (Å²) in [6, 6.07) is 11.0. The summed E-state index contributed by atoms with van der Waals surface area (Å²) in [7, 11) is 0. The fourth-order valence-electron chi connectivity index (χ4n) is 2.79. The number of benzene rings is 1. The highest BCUT2D eigenvalue weighted by Crippen LogP contribution is 2.19. The minimum Gasteiger partial charge on any atom is -0.467 e. The monoisotopic (exact) mass is 440 g/mol. The van der Waals surface area contributed by atoms with Crippen molar-refractivity contribution in [2.45, 2.75) is 13.1 Å². The van der Waals surface area contributed by atoms with Crippen LogP contribution in [0.15, 0.2) is 64.1 Å². The lowest BCUT2D eigenvalue weighted by molar-refractivity contribution is 0.0952. The smallest absolute Gasteiger partial charge is 0.251 e. The molecule has 0 aliphatic rings. The largest absolute Gasteiger partial charge is 0.467 e. The van der Waals surface area contributed by atoms with E-state index < -0.39 is 0 Å². The second-order valence-electron chi connectivity index (χ2n) is 6.03. The van der Waals surface area contributed by atoms with Crippen molar-refractivity contribution in [3.8, 4) is 0 Å². The van der Waals surface area contributed by atoms with Gasteiger partial charge in [0.1, 0.15) is 17.9 Å². The molecule has 142 valence electrons. The van der Waals surface area contributed by atoms with Crippen LogP contribution in [-0.4, -0.2) is 32.2 Å². The number of aromatic nitrogens is 4. The standard InChI is InChI=1S/C19H17BrN6O2/c20-14-4-1-3-13(9-14)19(27)21-6-7-26-18-16(11-25-26)17(23-12-24-18)22-10-15-5-2-8-28-15/h1-5,8-9,11-12H,6-7,10H2,(H,21,27)(H,22,23,24). The molecule has 1 aromatic carbocycles. The van der Waals surface area contributed by atoms with Gasteiger partial charge in [-0.05, 0) is 30.3 Å². The highest BCUT2D eigenvalue weighted by Gasteiger charge is 2.11. The maximum Gasteiger partial charge on any atom is 0.251 e. The van der Waals surface area contributed by atoms with Crippen molar-refractivity contribution in [3.05, 3.63) is 71.0 Å². The van der Waals surface area contributed by atoms with Gasteiger partial charge in [-0.1, -0.05) is 22.0 Å². The molecule has 0 bridgehead atoms. The Bertz CT molecular complexity index is 1090. The number of carbonyl (C=O) groups excluding carboxylic acids is 1. The van der Waals surface area contributed by atoms with Crippen LogP contribution in [0.1, 0.15) is 16.1 Å². The summed E-state index contributed by atoms with van der Waals surface area (Å²) < 4.78 is 7.93. The fourth-order valence-corrected chi connectivity index (χ4v) is 3.19. The van der Waals surface area contributed by atoms with Crippen LogP contribution in [0.3, 0.4) is 0 Å². The third-order valence-corrected chi connectivity index (χ3v) is 4.63. The number of anilines is 1. The number of hydrogen-bond donors (Lipinski definition) is 2. The topological polar surface area (TPSA) is 97.9 Å². The zero-order chi connectivity index (χ0) is 19.3. The molecule has 0 aliphatic heterocycles. The molecule has 0 spiro atoms. The summed E-state index contributed by atoms with van der Waals surface area (Å²) in [5.74, 6) is 1.37. The second-order valence-corrected chi connectivity index (χ2v) is 6.94. The Morgan fingerprint density at radius 1 is 1.21 bits per heavy atom. The molecule has 4 aromatic rings. The third-order valence-electron chi connectivity index (χ3n) is 4.14. The Morgan fingerprint density at radius 2 is 2.14 bits per heavy atom. The molecule has 28 heavy (non-hydrogen) atoms. The molecule has 3 aromatic heterocycles. The van der Waals surface area contributed by atoms with E-state index in [-0.39, 0.29) is 5.91 Å². The lowest BCUT2D eigenvalue weighted by atomic mass is 10.2. The van der Waals surface area contributed by atoms with Gasteiger partial charge in [-0.15, -0.1) is 0 Å². The summed E-state index contributed by atoms with van der Waals surface area (Å²) in [4.78, 5) is 20.8. The van der Waals surface area contributed by atoms with Gasteiger partial charge in [0.05, 0.1) is 30.9 Å². The number of furan rings is 1. The number of nitrogens with one attached hydrogen (secondary N) is 2. The fraction of sp³-hybridized carbons (Fsp3) is 0.158. The maximum absolute atomic E-state index is 12.2. The minimum absolute atomic E-state index is 0.131. The van der Waals surface area contributed by atoms with Crippen LogP contribution in [-0.2, 0) is 13.1 Å². The summed E-state index contributed by atoms with van der Waals surface area (Å²) in [6.45, 7) is 1.45. The van der Waals surface area contributed by atoms with Gasteiger partial charge in [0.25, 0.3) is 5.91 Å². The molecular weight excluding hydrogens is 424 g/mol. The quantitative estimate of drug-likeness (QED) is 0.457. The molecule has 2 N–H and O–H groups in total. The van der Waals surface area contributed by atoms with Crippen molar-refractivity contribution >= 4 is 38.7 Å². The zero-order valence-corrected chi connectivity index (χ0v) is 16.4. The van der Waals surface area contributed by atoms with Crippen molar-refractivity contribution in [1.29, 1.82) is 0 Å². The molecule has 0 saturated heterocycles. The first kappa shape index (κ1) is 18.2.